The molecule has 3 N–H and O–H groups in total. The Kier molecular flexibility index (Phi) is 7.75. The van der Waals surface area contributed by atoms with E-state index in [2.05, 4.69) is 5.32 Å². The fourth-order valence-electron chi connectivity index (χ4n) is 3.02. The number of nitrogens with one attached hydrogen (secondary N) is 1. The summed E-state index contributed by atoms with van der Waals surface area (Å²) < 4.78 is 4.97. The summed E-state index contributed by atoms with van der Waals surface area (Å²) >= 11 is 0. The van der Waals surface area contributed by atoms with Crippen LogP contribution in [0.15, 0.2) is 60.7 Å². The van der Waals surface area contributed by atoms with Gasteiger partial charge >= 0.3 is 5.97 Å². The van der Waals surface area contributed by atoms with Crippen molar-refractivity contribution in [2.45, 2.75) is 32.2 Å². The molecule has 28 heavy (non-hydrogen) atoms. The van der Waals surface area contributed by atoms with Crippen LogP contribution in [0, 0.1) is 5.92 Å². The molecule has 148 valence electrons. The van der Waals surface area contributed by atoms with E-state index in [4.69, 9.17) is 10.5 Å². The minimum absolute atomic E-state index is 0.0796. The summed E-state index contributed by atoms with van der Waals surface area (Å²) in [6.07, 6.45) is 0.0796. The van der Waals surface area contributed by atoms with Gasteiger partial charge in [0.25, 0.3) is 0 Å². The van der Waals surface area contributed by atoms with Crippen LogP contribution in [0.3, 0.4) is 0 Å². The number of hydrogen-bond acceptors (Lipinski definition) is 4. The van der Waals surface area contributed by atoms with Crippen molar-refractivity contribution >= 4 is 17.8 Å². The van der Waals surface area contributed by atoms with E-state index in [0.29, 0.717) is 0 Å². The van der Waals surface area contributed by atoms with Crippen molar-refractivity contribution in [3.8, 4) is 0 Å². The maximum absolute atomic E-state index is 13.1. The molecule has 2 amide bonds. The Balaban J connectivity index is 2.23. The van der Waals surface area contributed by atoms with E-state index in [1.54, 1.807) is 13.8 Å². The van der Waals surface area contributed by atoms with Gasteiger partial charge < -0.3 is 15.8 Å². The maximum Gasteiger partial charge on any atom is 0.308 e. The van der Waals surface area contributed by atoms with Gasteiger partial charge in [0, 0.05) is 0 Å². The molecule has 2 rings (SSSR count). The van der Waals surface area contributed by atoms with Crippen LogP contribution in [-0.4, -0.2) is 30.4 Å². The van der Waals surface area contributed by atoms with E-state index >= 15 is 0 Å². The van der Waals surface area contributed by atoms with Crippen molar-refractivity contribution in [2.24, 2.45) is 11.7 Å². The van der Waals surface area contributed by atoms with Gasteiger partial charge in [0.15, 0.2) is 0 Å². The van der Waals surface area contributed by atoms with E-state index in [9.17, 15) is 14.4 Å². The molecule has 0 spiro atoms. The summed E-state index contributed by atoms with van der Waals surface area (Å²) in [6, 6.07) is 17.6. The van der Waals surface area contributed by atoms with Gasteiger partial charge in [-0.3, -0.25) is 14.4 Å². The molecule has 0 aromatic heterocycles. The Labute approximate surface area is 165 Å². The molecule has 0 aliphatic carbocycles. The second kappa shape index (κ2) is 10.3. The number of ether oxygens (including phenoxy) is 1. The van der Waals surface area contributed by atoms with E-state index in [1.165, 1.54) is 0 Å². The van der Waals surface area contributed by atoms with Crippen molar-refractivity contribution in [1.29, 1.82) is 0 Å². The van der Waals surface area contributed by atoms with Gasteiger partial charge in [-0.2, -0.15) is 0 Å². The van der Waals surface area contributed by atoms with Crippen molar-refractivity contribution < 1.29 is 19.1 Å². The molecule has 0 fully saturated rings. The van der Waals surface area contributed by atoms with Gasteiger partial charge in [0.1, 0.15) is 6.04 Å². The van der Waals surface area contributed by atoms with E-state index in [1.807, 2.05) is 60.7 Å². The standard InChI is InChI=1S/C22H26N2O4/c1-3-28-22(27)15(2)14-18(20(23)25)24-21(26)19(16-10-6-4-7-11-16)17-12-8-5-9-13-17/h4-13,15,18-19H,3,14H2,1-2H3,(H2,23,25)(H,24,26)/t15-,18-/m1/s1. The minimum Gasteiger partial charge on any atom is -0.466 e. The van der Waals surface area contributed by atoms with Crippen LogP contribution in [0.1, 0.15) is 37.3 Å². The summed E-state index contributed by atoms with van der Waals surface area (Å²) in [5, 5.41) is 2.72. The predicted molar refractivity (Wildman–Crippen MR) is 106 cm³/mol. The first-order valence-electron chi connectivity index (χ1n) is 9.30. The normalized spacial score (nSPS) is 12.8. The number of benzene rings is 2. The number of carbonyl (C=O) groups is 3. The van der Waals surface area contributed by atoms with Crippen LogP contribution < -0.4 is 11.1 Å². The zero-order valence-electron chi connectivity index (χ0n) is 16.1. The third kappa shape index (κ3) is 5.67. The van der Waals surface area contributed by atoms with Crippen LogP contribution >= 0.6 is 0 Å². The van der Waals surface area contributed by atoms with Crippen molar-refractivity contribution in [2.75, 3.05) is 6.61 Å². The minimum atomic E-state index is -0.971. The highest BCUT2D eigenvalue weighted by Gasteiger charge is 2.29. The average Bonchev–Trinajstić information content (AvgIpc) is 2.69. The Hall–Kier alpha value is -3.15. The number of nitrogens with two attached hydrogens (primary N) is 1. The highest BCUT2D eigenvalue weighted by atomic mass is 16.5. The zero-order valence-corrected chi connectivity index (χ0v) is 16.1. The van der Waals surface area contributed by atoms with Gasteiger partial charge in [-0.25, -0.2) is 0 Å². The topological polar surface area (TPSA) is 98.5 Å². The molecular formula is C22H26N2O4. The monoisotopic (exact) mass is 382 g/mol. The first-order chi connectivity index (χ1) is 13.4. The van der Waals surface area contributed by atoms with Crippen LogP contribution in [-0.2, 0) is 19.1 Å². The summed E-state index contributed by atoms with van der Waals surface area (Å²) in [7, 11) is 0. The number of hydrogen-bond donors (Lipinski definition) is 2. The second-order valence-corrected chi connectivity index (χ2v) is 6.61. The van der Waals surface area contributed by atoms with E-state index in [0.717, 1.165) is 11.1 Å². The molecule has 6 heteroatoms. The number of esters is 1. The third-order valence-corrected chi connectivity index (χ3v) is 4.47. The number of amides is 2. The van der Waals surface area contributed by atoms with Crippen LogP contribution in [0.2, 0.25) is 0 Å². The fourth-order valence-corrected chi connectivity index (χ4v) is 3.02. The maximum atomic E-state index is 13.1. The van der Waals surface area contributed by atoms with Gasteiger partial charge in [0.05, 0.1) is 18.4 Å². The second-order valence-electron chi connectivity index (χ2n) is 6.61. The summed E-state index contributed by atoms with van der Waals surface area (Å²) in [4.78, 5) is 36.9. The van der Waals surface area contributed by atoms with Crippen LogP contribution in [0.5, 0.6) is 0 Å². The lowest BCUT2D eigenvalue weighted by atomic mass is 9.90. The van der Waals surface area contributed by atoms with Gasteiger partial charge in [-0.05, 0) is 24.5 Å². The molecule has 0 saturated carbocycles. The van der Waals surface area contributed by atoms with Crippen molar-refractivity contribution in [1.82, 2.24) is 5.32 Å². The number of primary amides is 1. The SMILES string of the molecule is CCOC(=O)[C@H](C)C[C@@H](NC(=O)C(c1ccccc1)c1ccccc1)C(N)=O. The largest absolute Gasteiger partial charge is 0.466 e. The van der Waals surface area contributed by atoms with Crippen LogP contribution in [0.4, 0.5) is 0 Å². The predicted octanol–water partition coefficient (Wildman–Crippen LogP) is 2.38. The Morgan fingerprint density at radius 1 is 0.964 bits per heavy atom. The molecule has 0 unspecified atom stereocenters. The summed E-state index contributed by atoms with van der Waals surface area (Å²) in [5.74, 6) is -2.63. The lowest BCUT2D eigenvalue weighted by Crippen LogP contribution is -2.47. The van der Waals surface area contributed by atoms with Gasteiger partial charge in [-0.1, -0.05) is 67.6 Å². The number of carbonyl (C=O) groups excluding carboxylic acids is 3. The van der Waals surface area contributed by atoms with E-state index < -0.39 is 29.8 Å². The van der Waals surface area contributed by atoms with Crippen LogP contribution in [0.25, 0.3) is 0 Å². The Morgan fingerprint density at radius 3 is 1.89 bits per heavy atom. The summed E-state index contributed by atoms with van der Waals surface area (Å²) in [5.41, 5.74) is 7.08. The van der Waals surface area contributed by atoms with Gasteiger partial charge in [0.2, 0.25) is 11.8 Å². The third-order valence-electron chi connectivity index (χ3n) is 4.47. The average molecular weight is 382 g/mol. The number of rotatable bonds is 9. The molecule has 2 aromatic rings. The zero-order chi connectivity index (χ0) is 20.5. The molecule has 0 radical (unpaired) electrons. The van der Waals surface area contributed by atoms with Crippen molar-refractivity contribution in [3.63, 3.8) is 0 Å². The molecule has 0 aliphatic heterocycles. The molecule has 0 heterocycles. The summed E-state index contributed by atoms with van der Waals surface area (Å²) in [6.45, 7) is 3.61. The van der Waals surface area contributed by atoms with E-state index in [-0.39, 0.29) is 18.9 Å². The highest BCUT2D eigenvalue weighted by Crippen LogP contribution is 2.25. The smallest absolute Gasteiger partial charge is 0.308 e. The molecule has 6 nitrogen and oxygen atoms in total. The first-order valence-corrected chi connectivity index (χ1v) is 9.30. The highest BCUT2D eigenvalue weighted by molar-refractivity contribution is 5.92. The first kappa shape index (κ1) is 21.2. The fraction of sp³-hybridized carbons (Fsp3) is 0.318. The lowest BCUT2D eigenvalue weighted by molar-refractivity contribution is -0.148. The lowest BCUT2D eigenvalue weighted by Gasteiger charge is -2.23. The quantitative estimate of drug-likeness (QED) is 0.651. The molecule has 0 aliphatic rings. The molecule has 0 saturated heterocycles. The molecule has 2 aromatic carbocycles. The molecular weight excluding hydrogens is 356 g/mol. The molecule has 0 bridgehead atoms. The van der Waals surface area contributed by atoms with Crippen molar-refractivity contribution in [3.05, 3.63) is 71.8 Å². The molecule has 2 atom stereocenters. The van der Waals surface area contributed by atoms with Gasteiger partial charge in [-0.15, -0.1) is 0 Å². The Bertz CT molecular complexity index is 753. The Morgan fingerprint density at radius 2 is 1.46 bits per heavy atom.